The highest BCUT2D eigenvalue weighted by Gasteiger charge is 2.30. The van der Waals surface area contributed by atoms with Crippen LogP contribution in [-0.2, 0) is 6.42 Å². The fourth-order valence-electron chi connectivity index (χ4n) is 1.97. The Hall–Kier alpha value is -2.11. The van der Waals surface area contributed by atoms with Crippen molar-refractivity contribution in [2.24, 2.45) is 0 Å². The number of aromatic nitrogens is 1. The maximum atomic E-state index is 11.5. The Kier molecular flexibility index (Phi) is 2.26. The molecule has 0 bridgehead atoms. The highest BCUT2D eigenvalue weighted by atomic mass is 16.4. The van der Waals surface area contributed by atoms with Crippen LogP contribution in [0.3, 0.4) is 0 Å². The molecule has 16 heavy (non-hydrogen) atoms. The third-order valence-electron chi connectivity index (χ3n) is 2.64. The van der Waals surface area contributed by atoms with Gasteiger partial charge in [-0.1, -0.05) is 0 Å². The minimum atomic E-state index is -1.36. The zero-order valence-electron chi connectivity index (χ0n) is 8.24. The number of carboxylic acid groups (broad SMARTS) is 2. The molecular weight excluding hydrogens is 214 g/mol. The number of aromatic carboxylic acids is 2. The van der Waals surface area contributed by atoms with Crippen molar-refractivity contribution in [1.29, 1.82) is 0 Å². The van der Waals surface area contributed by atoms with Crippen molar-refractivity contribution in [2.75, 3.05) is 0 Å². The molecule has 6 nitrogen and oxygen atoms in total. The van der Waals surface area contributed by atoms with Gasteiger partial charge in [0.2, 0.25) is 0 Å². The van der Waals surface area contributed by atoms with E-state index in [-0.39, 0.29) is 17.0 Å². The van der Waals surface area contributed by atoms with E-state index in [1.54, 1.807) is 0 Å². The number of Topliss-reactive ketones (excluding diaryl/α,β-unsaturated/α-hetero) is 1. The highest BCUT2D eigenvalue weighted by molar-refractivity contribution is 6.07. The zero-order valence-corrected chi connectivity index (χ0v) is 8.24. The molecule has 0 atom stereocenters. The van der Waals surface area contributed by atoms with Gasteiger partial charge in [0.25, 0.3) is 0 Å². The predicted molar refractivity (Wildman–Crippen MR) is 52.0 cm³/mol. The van der Waals surface area contributed by atoms with E-state index in [0.717, 1.165) is 0 Å². The van der Waals surface area contributed by atoms with Crippen molar-refractivity contribution in [3.63, 3.8) is 0 Å². The number of carbonyl (C=O) groups excluding carboxylic acids is 1. The van der Waals surface area contributed by atoms with Crippen LogP contribution >= 0.6 is 0 Å². The summed E-state index contributed by atoms with van der Waals surface area (Å²) >= 11 is 0. The van der Waals surface area contributed by atoms with Gasteiger partial charge in [0, 0.05) is 6.42 Å². The lowest BCUT2D eigenvalue weighted by atomic mass is 9.93. The summed E-state index contributed by atoms with van der Waals surface area (Å²) < 4.78 is 0. The number of hydrogen-bond donors (Lipinski definition) is 3. The van der Waals surface area contributed by atoms with Crippen LogP contribution in [0.1, 0.15) is 49.7 Å². The number of H-pyrrole nitrogens is 1. The standard InChI is InChI=1S/C10H9NO5/c12-5-3-1-2-4-6(9(13)14)8(10(15)16)11-7(4)5/h11H,1-3H2,(H,13,14)(H,15,16). The molecule has 0 saturated carbocycles. The van der Waals surface area contributed by atoms with Gasteiger partial charge in [0.1, 0.15) is 5.69 Å². The van der Waals surface area contributed by atoms with Crippen LogP contribution < -0.4 is 0 Å². The Balaban J connectivity index is 2.69. The van der Waals surface area contributed by atoms with E-state index >= 15 is 0 Å². The van der Waals surface area contributed by atoms with Gasteiger partial charge in [0.15, 0.2) is 5.78 Å². The van der Waals surface area contributed by atoms with Gasteiger partial charge in [-0.05, 0) is 18.4 Å². The van der Waals surface area contributed by atoms with Gasteiger partial charge in [-0.2, -0.15) is 0 Å². The summed E-state index contributed by atoms with van der Waals surface area (Å²) in [7, 11) is 0. The predicted octanol–water partition coefficient (Wildman–Crippen LogP) is 0.930. The summed E-state index contributed by atoms with van der Waals surface area (Å²) in [4.78, 5) is 35.7. The summed E-state index contributed by atoms with van der Waals surface area (Å²) in [6.07, 6.45) is 1.31. The molecule has 0 aliphatic heterocycles. The van der Waals surface area contributed by atoms with Crippen LogP contribution in [0.5, 0.6) is 0 Å². The van der Waals surface area contributed by atoms with Crippen molar-refractivity contribution >= 4 is 17.7 Å². The van der Waals surface area contributed by atoms with Crippen LogP contribution in [0.25, 0.3) is 0 Å². The number of carboxylic acids is 2. The average molecular weight is 223 g/mol. The molecule has 0 radical (unpaired) electrons. The van der Waals surface area contributed by atoms with E-state index < -0.39 is 17.6 Å². The molecule has 1 heterocycles. The summed E-state index contributed by atoms with van der Waals surface area (Å²) in [5, 5.41) is 17.8. The summed E-state index contributed by atoms with van der Waals surface area (Å²) in [6, 6.07) is 0. The molecule has 1 aromatic rings. The van der Waals surface area contributed by atoms with E-state index in [2.05, 4.69) is 4.98 Å². The Bertz CT molecular complexity index is 500. The minimum absolute atomic E-state index is 0.140. The van der Waals surface area contributed by atoms with Gasteiger partial charge >= 0.3 is 11.9 Å². The second-order valence-corrected chi connectivity index (χ2v) is 3.62. The molecule has 1 aliphatic rings. The topological polar surface area (TPSA) is 107 Å². The van der Waals surface area contributed by atoms with Crippen LogP contribution in [0.2, 0.25) is 0 Å². The average Bonchev–Trinajstić information content (AvgIpc) is 2.58. The Morgan fingerprint density at radius 2 is 1.81 bits per heavy atom. The Morgan fingerprint density at radius 1 is 1.12 bits per heavy atom. The van der Waals surface area contributed by atoms with E-state index in [1.807, 2.05) is 0 Å². The Labute approximate surface area is 89.9 Å². The first kappa shape index (κ1) is 10.4. The van der Waals surface area contributed by atoms with E-state index in [4.69, 9.17) is 10.2 Å². The van der Waals surface area contributed by atoms with Gasteiger partial charge in [0.05, 0.1) is 11.3 Å². The molecule has 0 amide bonds. The molecule has 0 unspecified atom stereocenters. The first-order chi connectivity index (χ1) is 7.52. The highest BCUT2D eigenvalue weighted by Crippen LogP contribution is 2.27. The van der Waals surface area contributed by atoms with Crippen LogP contribution in [0.15, 0.2) is 0 Å². The second-order valence-electron chi connectivity index (χ2n) is 3.62. The van der Waals surface area contributed by atoms with Gasteiger partial charge < -0.3 is 15.2 Å². The van der Waals surface area contributed by atoms with Crippen molar-refractivity contribution in [3.05, 3.63) is 22.5 Å². The number of fused-ring (bicyclic) bond motifs is 1. The molecule has 84 valence electrons. The van der Waals surface area contributed by atoms with Gasteiger partial charge in [-0.25, -0.2) is 9.59 Å². The largest absolute Gasteiger partial charge is 0.478 e. The van der Waals surface area contributed by atoms with Crippen LogP contribution in [-0.4, -0.2) is 32.9 Å². The molecule has 3 N–H and O–H groups in total. The first-order valence-electron chi connectivity index (χ1n) is 4.77. The molecule has 0 saturated heterocycles. The van der Waals surface area contributed by atoms with E-state index in [0.29, 0.717) is 24.8 Å². The third-order valence-corrected chi connectivity index (χ3v) is 2.64. The van der Waals surface area contributed by atoms with Crippen LogP contribution in [0.4, 0.5) is 0 Å². The van der Waals surface area contributed by atoms with Crippen molar-refractivity contribution < 1.29 is 24.6 Å². The van der Waals surface area contributed by atoms with Gasteiger partial charge in [-0.3, -0.25) is 4.79 Å². The molecule has 2 rings (SSSR count). The maximum absolute atomic E-state index is 11.5. The molecular formula is C10H9NO5. The summed E-state index contributed by atoms with van der Waals surface area (Å²) in [5.74, 6) is -2.90. The molecule has 1 aromatic heterocycles. The van der Waals surface area contributed by atoms with Crippen molar-refractivity contribution in [1.82, 2.24) is 4.98 Å². The SMILES string of the molecule is O=C1CCCc2c1[nH]c(C(=O)O)c2C(=O)O. The fourth-order valence-corrected chi connectivity index (χ4v) is 1.97. The number of ketones is 1. The molecule has 1 aliphatic carbocycles. The second kappa shape index (κ2) is 3.48. The minimum Gasteiger partial charge on any atom is -0.478 e. The fraction of sp³-hybridized carbons (Fsp3) is 0.300. The van der Waals surface area contributed by atoms with E-state index in [1.165, 1.54) is 0 Å². The molecule has 0 aromatic carbocycles. The van der Waals surface area contributed by atoms with Crippen LogP contribution in [0, 0.1) is 0 Å². The number of hydrogen-bond acceptors (Lipinski definition) is 3. The maximum Gasteiger partial charge on any atom is 0.353 e. The zero-order chi connectivity index (χ0) is 11.9. The third kappa shape index (κ3) is 1.39. The van der Waals surface area contributed by atoms with Gasteiger partial charge in [-0.15, -0.1) is 0 Å². The lowest BCUT2D eigenvalue weighted by molar-refractivity contribution is 0.0647. The summed E-state index contributed by atoms with van der Waals surface area (Å²) in [6.45, 7) is 0. The normalized spacial score (nSPS) is 14.6. The summed E-state index contributed by atoms with van der Waals surface area (Å²) in [5.41, 5.74) is -0.231. The monoisotopic (exact) mass is 223 g/mol. The number of carbonyl (C=O) groups is 3. The number of nitrogens with one attached hydrogen (secondary N) is 1. The van der Waals surface area contributed by atoms with Crippen molar-refractivity contribution in [2.45, 2.75) is 19.3 Å². The molecule has 6 heteroatoms. The lowest BCUT2D eigenvalue weighted by Gasteiger charge is -2.09. The molecule has 0 spiro atoms. The Morgan fingerprint density at radius 3 is 2.38 bits per heavy atom. The van der Waals surface area contributed by atoms with Crippen molar-refractivity contribution in [3.8, 4) is 0 Å². The van der Waals surface area contributed by atoms with E-state index in [9.17, 15) is 14.4 Å². The lowest BCUT2D eigenvalue weighted by Crippen LogP contribution is -2.12. The molecule has 0 fully saturated rings. The smallest absolute Gasteiger partial charge is 0.353 e. The number of rotatable bonds is 2. The number of aromatic amines is 1. The quantitative estimate of drug-likeness (QED) is 0.691. The first-order valence-corrected chi connectivity index (χ1v) is 4.77.